The fourth-order valence-corrected chi connectivity index (χ4v) is 4.27. The van der Waals surface area contributed by atoms with Gasteiger partial charge in [-0.2, -0.15) is 18.3 Å². The van der Waals surface area contributed by atoms with Crippen molar-refractivity contribution in [1.29, 1.82) is 0 Å². The number of carbonyl (C=O) groups is 3. The molecule has 15 heteroatoms. The average Bonchev–Trinajstić information content (AvgIpc) is 3.37. The van der Waals surface area contributed by atoms with Gasteiger partial charge in [0, 0.05) is 12.7 Å². The second kappa shape index (κ2) is 10.4. The van der Waals surface area contributed by atoms with Gasteiger partial charge in [-0.15, -0.1) is 0 Å². The minimum Gasteiger partial charge on any atom is -0.465 e. The molecule has 1 aliphatic rings. The van der Waals surface area contributed by atoms with Gasteiger partial charge in [-0.05, 0) is 32.0 Å². The van der Waals surface area contributed by atoms with Crippen molar-refractivity contribution < 1.29 is 42.1 Å². The van der Waals surface area contributed by atoms with Gasteiger partial charge in [-0.25, -0.2) is 14.3 Å². The van der Waals surface area contributed by atoms with Crippen LogP contribution >= 0.6 is 11.6 Å². The maximum absolute atomic E-state index is 13.2. The fourth-order valence-electron chi connectivity index (χ4n) is 4.01. The predicted molar refractivity (Wildman–Crippen MR) is 130 cm³/mol. The third kappa shape index (κ3) is 5.40. The number of aromatic nitrogens is 3. The van der Waals surface area contributed by atoms with Gasteiger partial charge in [0.15, 0.2) is 16.4 Å². The Kier molecular flexibility index (Phi) is 7.56. The summed E-state index contributed by atoms with van der Waals surface area (Å²) in [5.41, 5.74) is -1.77. The lowest BCUT2D eigenvalue weighted by molar-refractivity contribution is -0.265. The van der Waals surface area contributed by atoms with E-state index in [9.17, 15) is 32.7 Å². The van der Waals surface area contributed by atoms with Crippen LogP contribution in [0.1, 0.15) is 57.9 Å². The van der Waals surface area contributed by atoms with E-state index in [4.69, 9.17) is 21.1 Å². The van der Waals surface area contributed by atoms with E-state index in [1.807, 2.05) is 0 Å². The zero-order valence-corrected chi connectivity index (χ0v) is 21.6. The number of halogens is 4. The molecule has 0 saturated heterocycles. The van der Waals surface area contributed by atoms with Gasteiger partial charge in [0.25, 0.3) is 11.8 Å². The van der Waals surface area contributed by atoms with Crippen molar-refractivity contribution in [2.75, 3.05) is 20.3 Å². The molecule has 0 spiro atoms. The minimum absolute atomic E-state index is 0.000105. The number of amides is 3. The maximum atomic E-state index is 13.2. The summed E-state index contributed by atoms with van der Waals surface area (Å²) in [6.45, 7) is 0.819. The number of ether oxygens (including phenoxy) is 2. The van der Waals surface area contributed by atoms with Crippen LogP contribution in [0.5, 0.6) is 0 Å². The van der Waals surface area contributed by atoms with E-state index in [0.29, 0.717) is 0 Å². The highest BCUT2D eigenvalue weighted by molar-refractivity contribution is 6.30. The summed E-state index contributed by atoms with van der Waals surface area (Å²) in [6, 6.07) is 5.47. The van der Waals surface area contributed by atoms with Crippen molar-refractivity contribution in [1.82, 2.24) is 24.8 Å². The topological polar surface area (TPSA) is 135 Å². The van der Waals surface area contributed by atoms with Gasteiger partial charge in [0.05, 0.1) is 48.3 Å². The first-order valence-corrected chi connectivity index (χ1v) is 11.8. The van der Waals surface area contributed by atoms with Crippen LogP contribution in [0.25, 0.3) is 5.65 Å². The first-order valence-electron chi connectivity index (χ1n) is 11.5. The first-order chi connectivity index (χ1) is 18.2. The molecule has 2 N–H and O–H groups in total. The predicted octanol–water partition coefficient (Wildman–Crippen LogP) is 4.03. The molecule has 2 aromatic heterocycles. The molecule has 11 nitrogen and oxygen atoms in total. The molecule has 3 amide bonds. The lowest BCUT2D eigenvalue weighted by Crippen LogP contribution is -2.44. The van der Waals surface area contributed by atoms with Gasteiger partial charge < -0.3 is 19.9 Å². The molecule has 3 heterocycles. The summed E-state index contributed by atoms with van der Waals surface area (Å²) < 4.78 is 51.2. The van der Waals surface area contributed by atoms with Crippen LogP contribution in [0, 0.1) is 0 Å². The molecule has 1 aliphatic heterocycles. The molecule has 0 saturated carbocycles. The van der Waals surface area contributed by atoms with E-state index < -0.39 is 48.4 Å². The highest BCUT2D eigenvalue weighted by Gasteiger charge is 2.49. The Hall–Kier alpha value is -3.75. The lowest BCUT2D eigenvalue weighted by Gasteiger charge is -2.29. The SMILES string of the molecule is COC[C@H](c1cc2nc([C@H](COC(C)(C)C(F)(F)F)NC(=O)O)cn2nc1Cl)N1C(=O)c2ccccc2C1=O. The van der Waals surface area contributed by atoms with E-state index in [2.05, 4.69) is 15.4 Å². The third-order valence-electron chi connectivity index (χ3n) is 6.22. The van der Waals surface area contributed by atoms with Crippen LogP contribution < -0.4 is 5.32 Å². The van der Waals surface area contributed by atoms with Crippen molar-refractivity contribution in [3.63, 3.8) is 0 Å². The summed E-state index contributed by atoms with van der Waals surface area (Å²) in [5.74, 6) is -1.10. The number of rotatable bonds is 9. The minimum atomic E-state index is -4.70. The average molecular weight is 570 g/mol. The lowest BCUT2D eigenvalue weighted by atomic mass is 10.1. The number of imide groups is 1. The Balaban J connectivity index is 1.70. The number of hydrogen-bond acceptors (Lipinski definition) is 7. The largest absolute Gasteiger partial charge is 0.465 e. The van der Waals surface area contributed by atoms with Gasteiger partial charge >= 0.3 is 12.3 Å². The number of benzene rings is 1. The zero-order chi connectivity index (χ0) is 28.7. The number of carboxylic acid groups (broad SMARTS) is 1. The molecule has 208 valence electrons. The molecule has 0 radical (unpaired) electrons. The van der Waals surface area contributed by atoms with Crippen molar-refractivity contribution in [2.24, 2.45) is 0 Å². The highest BCUT2D eigenvalue weighted by Crippen LogP contribution is 2.36. The van der Waals surface area contributed by atoms with E-state index in [-0.39, 0.29) is 39.8 Å². The number of nitrogens with zero attached hydrogens (tertiary/aromatic N) is 4. The Morgan fingerprint density at radius 3 is 2.31 bits per heavy atom. The fraction of sp³-hybridized carbons (Fsp3) is 0.375. The summed E-state index contributed by atoms with van der Waals surface area (Å²) in [5, 5.41) is 15.4. The quantitative estimate of drug-likeness (QED) is 0.369. The molecule has 2 atom stereocenters. The Labute approximate surface area is 224 Å². The van der Waals surface area contributed by atoms with Crippen molar-refractivity contribution >= 4 is 35.2 Å². The van der Waals surface area contributed by atoms with E-state index in [1.54, 1.807) is 12.1 Å². The molecule has 1 aromatic carbocycles. The van der Waals surface area contributed by atoms with Crippen LogP contribution in [0.4, 0.5) is 18.0 Å². The molecule has 0 fully saturated rings. The van der Waals surface area contributed by atoms with Crippen LogP contribution in [-0.4, -0.2) is 74.6 Å². The van der Waals surface area contributed by atoms with Gasteiger partial charge in [0.2, 0.25) is 0 Å². The third-order valence-corrected chi connectivity index (χ3v) is 6.51. The van der Waals surface area contributed by atoms with Crippen molar-refractivity contribution in [2.45, 2.75) is 37.7 Å². The first kappa shape index (κ1) is 28.3. The smallest absolute Gasteiger partial charge is 0.416 e. The number of nitrogens with one attached hydrogen (secondary N) is 1. The van der Waals surface area contributed by atoms with E-state index >= 15 is 0 Å². The number of hydrogen-bond donors (Lipinski definition) is 2. The maximum Gasteiger partial charge on any atom is 0.416 e. The monoisotopic (exact) mass is 569 g/mol. The number of fused-ring (bicyclic) bond motifs is 2. The summed E-state index contributed by atoms with van der Waals surface area (Å²) in [6.07, 6.45) is -4.93. The van der Waals surface area contributed by atoms with Gasteiger partial charge in [-0.3, -0.25) is 14.5 Å². The Bertz CT molecular complexity index is 1410. The summed E-state index contributed by atoms with van der Waals surface area (Å²) in [7, 11) is 1.38. The normalized spacial score (nSPS) is 15.5. The highest BCUT2D eigenvalue weighted by atomic mass is 35.5. The zero-order valence-electron chi connectivity index (χ0n) is 20.8. The molecule has 4 rings (SSSR count). The van der Waals surface area contributed by atoms with Crippen LogP contribution in [0.2, 0.25) is 5.15 Å². The Morgan fingerprint density at radius 1 is 1.15 bits per heavy atom. The molecule has 39 heavy (non-hydrogen) atoms. The molecular weight excluding hydrogens is 547 g/mol. The van der Waals surface area contributed by atoms with Crippen LogP contribution in [0.15, 0.2) is 36.5 Å². The number of methoxy groups -OCH3 is 1. The summed E-state index contributed by atoms with van der Waals surface area (Å²) >= 11 is 6.44. The second-order valence-electron chi connectivity index (χ2n) is 9.18. The van der Waals surface area contributed by atoms with Gasteiger partial charge in [-0.1, -0.05) is 23.7 Å². The Morgan fingerprint density at radius 2 is 1.77 bits per heavy atom. The van der Waals surface area contributed by atoms with Crippen LogP contribution in [0.3, 0.4) is 0 Å². The number of alkyl halides is 3. The molecular formula is C24H23ClF3N5O6. The van der Waals surface area contributed by atoms with Crippen molar-refractivity contribution in [3.8, 4) is 0 Å². The standard InChI is InChI=1S/C24H23ClF3N5O6/c1-23(2,24(26,27)28)39-10-16(30-22(36)37)15-9-32-18(29-15)8-14(19(25)31-32)17(11-38-3)33-20(34)12-6-4-5-7-13(12)21(33)35/h4-9,16-17,30H,10-11H2,1-3H3,(H,36,37)/t16-,17+/m0/s1. The second-order valence-corrected chi connectivity index (χ2v) is 9.54. The van der Waals surface area contributed by atoms with Crippen molar-refractivity contribution in [3.05, 3.63) is 64.1 Å². The molecule has 0 unspecified atom stereocenters. The summed E-state index contributed by atoms with van der Waals surface area (Å²) in [4.78, 5) is 42.9. The van der Waals surface area contributed by atoms with E-state index in [0.717, 1.165) is 18.7 Å². The van der Waals surface area contributed by atoms with Crippen LogP contribution in [-0.2, 0) is 9.47 Å². The van der Waals surface area contributed by atoms with Gasteiger partial charge in [0.1, 0.15) is 0 Å². The molecule has 0 bridgehead atoms. The molecule has 3 aromatic rings. The number of carbonyl (C=O) groups excluding carboxylic acids is 2. The molecule has 0 aliphatic carbocycles. The number of imidazole rings is 1. The van der Waals surface area contributed by atoms with E-state index in [1.165, 1.54) is 36.0 Å².